The van der Waals surface area contributed by atoms with Crippen molar-refractivity contribution in [3.8, 4) is 11.1 Å². The highest BCUT2D eigenvalue weighted by molar-refractivity contribution is 5.83. The Labute approximate surface area is 295 Å². The van der Waals surface area contributed by atoms with Crippen molar-refractivity contribution in [2.45, 2.75) is 25.6 Å². The largest absolute Gasteiger partial charge is 0.447 e. The molecular weight excluding hydrogens is 646 g/mol. The third-order valence-electron chi connectivity index (χ3n) is 8.34. The summed E-state index contributed by atoms with van der Waals surface area (Å²) in [7, 11) is 0. The molecule has 0 saturated heterocycles. The minimum Gasteiger partial charge on any atom is -0.447 e. The van der Waals surface area contributed by atoms with Crippen LogP contribution in [-0.2, 0) is 24.4 Å². The lowest BCUT2D eigenvalue weighted by atomic mass is 9.98. The topological polar surface area (TPSA) is 149 Å². The molecule has 6 rings (SSSR count). The number of nitrogens with two attached hydrogens (primary N) is 1. The lowest BCUT2D eigenvalue weighted by molar-refractivity contribution is 0.0940. The van der Waals surface area contributed by atoms with E-state index in [-0.39, 0.29) is 32.2 Å². The van der Waals surface area contributed by atoms with Crippen LogP contribution in [-0.4, -0.2) is 45.8 Å². The number of amides is 7. The monoisotopic (exact) mass is 683 g/mol. The summed E-state index contributed by atoms with van der Waals surface area (Å²) < 4.78 is 5.72. The Hall–Kier alpha value is -6.82. The second-order valence-corrected chi connectivity index (χ2v) is 11.8. The SMILES string of the molecule is NC(=O)N(Cc1ccccc1)NC(=O)N(Cc1ccccc1)NC(=O)N(Cc1ccccc1)NC(=O)OCC1c2ccccc2-c2ccccc21. The number of primary amides is 1. The van der Waals surface area contributed by atoms with Gasteiger partial charge in [0.2, 0.25) is 0 Å². The number of nitrogens with zero attached hydrogens (tertiary/aromatic N) is 3. The quantitative estimate of drug-likeness (QED) is 0.142. The van der Waals surface area contributed by atoms with Gasteiger partial charge in [0.15, 0.2) is 0 Å². The summed E-state index contributed by atoms with van der Waals surface area (Å²) in [6.07, 6.45) is -0.857. The minimum atomic E-state index is -0.902. The average molecular weight is 684 g/mol. The molecule has 51 heavy (non-hydrogen) atoms. The number of ether oxygens (including phenoxy) is 1. The molecule has 1 aliphatic rings. The molecule has 0 atom stereocenters. The van der Waals surface area contributed by atoms with Gasteiger partial charge in [-0.15, -0.1) is 0 Å². The van der Waals surface area contributed by atoms with Gasteiger partial charge >= 0.3 is 24.2 Å². The molecule has 5 aromatic rings. The van der Waals surface area contributed by atoms with Gasteiger partial charge in [-0.1, -0.05) is 140 Å². The molecule has 0 radical (unpaired) electrons. The van der Waals surface area contributed by atoms with Crippen LogP contribution in [0.15, 0.2) is 140 Å². The van der Waals surface area contributed by atoms with Crippen molar-refractivity contribution in [1.82, 2.24) is 31.3 Å². The molecule has 0 aliphatic heterocycles. The van der Waals surface area contributed by atoms with Crippen molar-refractivity contribution in [2.24, 2.45) is 5.73 Å². The molecule has 1 aliphatic carbocycles. The third kappa shape index (κ3) is 8.62. The summed E-state index contributed by atoms with van der Waals surface area (Å²) in [5.74, 6) is -0.186. The summed E-state index contributed by atoms with van der Waals surface area (Å²) in [5, 5.41) is 2.96. The number of benzene rings is 5. The molecule has 0 spiro atoms. The maximum absolute atomic E-state index is 13.9. The van der Waals surface area contributed by atoms with E-state index in [1.165, 1.54) is 0 Å². The number of carbonyl (C=O) groups excluding carboxylic acids is 4. The normalized spacial score (nSPS) is 11.4. The van der Waals surface area contributed by atoms with Gasteiger partial charge in [0.1, 0.15) is 6.61 Å². The standard InChI is InChI=1S/C39H37N7O5/c40-36(47)44(24-28-14-4-1-5-15-28)41-37(48)45(25-29-16-6-2-7-17-29)42-38(49)46(26-30-18-8-3-9-19-30)43-39(50)51-27-35-33-22-12-10-20-31(33)32-21-11-13-23-34(32)35/h1-23,35H,24-27H2,(H2,40,47)(H,41,48)(H,42,49)(H,43,50). The number of nitrogens with one attached hydrogen (secondary N) is 3. The van der Waals surface area contributed by atoms with Crippen molar-refractivity contribution in [1.29, 1.82) is 0 Å². The highest BCUT2D eigenvalue weighted by Gasteiger charge is 2.30. The Morgan fingerprint density at radius 1 is 0.510 bits per heavy atom. The van der Waals surface area contributed by atoms with E-state index >= 15 is 0 Å². The fourth-order valence-electron chi connectivity index (χ4n) is 5.89. The number of urea groups is 3. The number of hydrogen-bond acceptors (Lipinski definition) is 5. The van der Waals surface area contributed by atoms with Crippen LogP contribution in [0.2, 0.25) is 0 Å². The predicted octanol–water partition coefficient (Wildman–Crippen LogP) is 6.27. The van der Waals surface area contributed by atoms with Gasteiger partial charge in [-0.05, 0) is 38.9 Å². The molecule has 0 unspecified atom stereocenters. The fourth-order valence-corrected chi connectivity index (χ4v) is 5.89. The summed E-state index contributed by atoms with van der Waals surface area (Å²) in [5.41, 5.74) is 19.6. The Morgan fingerprint density at radius 3 is 1.33 bits per heavy atom. The van der Waals surface area contributed by atoms with Crippen LogP contribution in [0.25, 0.3) is 11.1 Å². The van der Waals surface area contributed by atoms with Gasteiger partial charge in [0.25, 0.3) is 0 Å². The molecule has 0 heterocycles. The van der Waals surface area contributed by atoms with Gasteiger partial charge in [-0.25, -0.2) is 50.5 Å². The summed E-state index contributed by atoms with van der Waals surface area (Å²) >= 11 is 0. The van der Waals surface area contributed by atoms with E-state index in [9.17, 15) is 19.2 Å². The van der Waals surface area contributed by atoms with Crippen molar-refractivity contribution in [2.75, 3.05) is 6.61 Å². The number of hydrazine groups is 3. The summed E-state index contributed by atoms with van der Waals surface area (Å²) in [6.45, 7) is -0.119. The first-order valence-corrected chi connectivity index (χ1v) is 16.3. The Balaban J connectivity index is 1.18. The van der Waals surface area contributed by atoms with Crippen LogP contribution in [0.1, 0.15) is 33.7 Å². The first-order chi connectivity index (χ1) is 24.9. The molecule has 0 bridgehead atoms. The van der Waals surface area contributed by atoms with E-state index in [1.54, 1.807) is 72.8 Å². The molecule has 5 N–H and O–H groups in total. The molecule has 0 fully saturated rings. The molecule has 12 nitrogen and oxygen atoms in total. The fraction of sp³-hybridized carbons (Fsp3) is 0.128. The molecule has 5 aromatic carbocycles. The van der Waals surface area contributed by atoms with Crippen LogP contribution in [0.5, 0.6) is 0 Å². The minimum absolute atomic E-state index is 0.0154. The summed E-state index contributed by atoms with van der Waals surface area (Å²) in [6, 6.07) is 40.3. The first kappa shape index (κ1) is 34.1. The van der Waals surface area contributed by atoms with E-state index in [4.69, 9.17) is 10.5 Å². The Kier molecular flexibility index (Phi) is 10.7. The van der Waals surface area contributed by atoms with E-state index < -0.39 is 24.2 Å². The zero-order valence-electron chi connectivity index (χ0n) is 27.6. The van der Waals surface area contributed by atoms with Gasteiger partial charge < -0.3 is 10.5 Å². The zero-order chi connectivity index (χ0) is 35.6. The Bertz CT molecular complexity index is 1930. The maximum Gasteiger partial charge on any atom is 0.426 e. The van der Waals surface area contributed by atoms with E-state index in [0.29, 0.717) is 11.1 Å². The van der Waals surface area contributed by atoms with Crippen LogP contribution >= 0.6 is 0 Å². The third-order valence-corrected chi connectivity index (χ3v) is 8.34. The first-order valence-electron chi connectivity index (χ1n) is 16.3. The number of carbonyl (C=O) groups is 4. The number of rotatable bonds is 8. The van der Waals surface area contributed by atoms with Gasteiger partial charge in [0, 0.05) is 5.92 Å². The predicted molar refractivity (Wildman–Crippen MR) is 191 cm³/mol. The zero-order valence-corrected chi connectivity index (χ0v) is 27.6. The number of hydrogen-bond donors (Lipinski definition) is 4. The number of fused-ring (bicyclic) bond motifs is 3. The second kappa shape index (κ2) is 16.1. The highest BCUT2D eigenvalue weighted by atomic mass is 16.6. The van der Waals surface area contributed by atoms with Crippen LogP contribution in [0.4, 0.5) is 19.2 Å². The van der Waals surface area contributed by atoms with E-state index in [1.807, 2.05) is 66.7 Å². The van der Waals surface area contributed by atoms with E-state index in [2.05, 4.69) is 16.3 Å². The van der Waals surface area contributed by atoms with Gasteiger partial charge in [-0.2, -0.15) is 0 Å². The molecule has 12 heteroatoms. The van der Waals surface area contributed by atoms with Crippen LogP contribution in [0.3, 0.4) is 0 Å². The van der Waals surface area contributed by atoms with Gasteiger partial charge in [-0.3, -0.25) is 0 Å². The molecule has 7 amide bonds. The molecule has 258 valence electrons. The van der Waals surface area contributed by atoms with Crippen LogP contribution < -0.4 is 22.0 Å². The molecule has 0 saturated carbocycles. The molecular formula is C39H37N7O5. The maximum atomic E-state index is 13.9. The van der Waals surface area contributed by atoms with Crippen molar-refractivity contribution >= 4 is 24.2 Å². The lowest BCUT2D eigenvalue weighted by Crippen LogP contribution is -2.60. The molecule has 0 aromatic heterocycles. The van der Waals surface area contributed by atoms with Crippen molar-refractivity contribution in [3.05, 3.63) is 167 Å². The second-order valence-electron chi connectivity index (χ2n) is 11.8. The van der Waals surface area contributed by atoms with Crippen molar-refractivity contribution in [3.63, 3.8) is 0 Å². The Morgan fingerprint density at radius 2 is 0.882 bits per heavy atom. The highest BCUT2D eigenvalue weighted by Crippen LogP contribution is 2.44. The summed E-state index contributed by atoms with van der Waals surface area (Å²) in [4.78, 5) is 53.2. The van der Waals surface area contributed by atoms with E-state index in [0.717, 1.165) is 42.8 Å². The average Bonchev–Trinajstić information content (AvgIpc) is 3.47. The lowest BCUT2D eigenvalue weighted by Gasteiger charge is -2.30. The van der Waals surface area contributed by atoms with Crippen molar-refractivity contribution < 1.29 is 23.9 Å². The van der Waals surface area contributed by atoms with Crippen LogP contribution in [0, 0.1) is 0 Å². The smallest absolute Gasteiger partial charge is 0.426 e. The van der Waals surface area contributed by atoms with Gasteiger partial charge in [0.05, 0.1) is 19.6 Å².